The van der Waals surface area contributed by atoms with Gasteiger partial charge in [-0.05, 0) is 79.7 Å². The number of rotatable bonds is 10. The Bertz CT molecular complexity index is 1370. The molecular formula is C35H41F3N2O4. The Kier molecular flexibility index (Phi) is 11.5. The van der Waals surface area contributed by atoms with E-state index in [0.717, 1.165) is 23.6 Å². The zero-order valence-electron chi connectivity index (χ0n) is 25.4. The fourth-order valence-electron chi connectivity index (χ4n) is 6.29. The van der Waals surface area contributed by atoms with E-state index < -0.39 is 29.4 Å². The number of hydrogen-bond donors (Lipinski definition) is 1. The molecule has 2 aromatic rings. The molecule has 2 aromatic carbocycles. The van der Waals surface area contributed by atoms with E-state index in [-0.39, 0.29) is 48.9 Å². The molecule has 0 aromatic heterocycles. The number of carbonyl (C=O) groups excluding carboxylic acids is 3. The van der Waals surface area contributed by atoms with E-state index in [9.17, 15) is 27.6 Å². The number of nitrogens with zero attached hydrogens (tertiary/aromatic N) is 1. The Morgan fingerprint density at radius 2 is 1.86 bits per heavy atom. The molecule has 1 aliphatic carbocycles. The SMILES string of the molecule is CCOC(=O)CNC(=O)C[C@@H]1CCc2ccccc2C(C(=O)c2ccc(CCC3C=CC=N3)cc2C(F)(F)F)CCC[C@H]1C. The van der Waals surface area contributed by atoms with Crippen molar-refractivity contribution in [2.75, 3.05) is 13.2 Å². The van der Waals surface area contributed by atoms with Crippen LogP contribution in [0.15, 0.2) is 59.6 Å². The molecule has 1 amide bonds. The number of carbonyl (C=O) groups is 3. The molecule has 0 fully saturated rings. The van der Waals surface area contributed by atoms with Gasteiger partial charge in [-0.3, -0.25) is 19.4 Å². The fraction of sp³-hybridized carbons (Fsp3) is 0.486. The van der Waals surface area contributed by atoms with Crippen LogP contribution in [0.1, 0.15) is 90.9 Å². The molecule has 0 saturated carbocycles. The number of allylic oxidation sites excluding steroid dienone is 1. The third kappa shape index (κ3) is 8.89. The molecule has 44 heavy (non-hydrogen) atoms. The zero-order chi connectivity index (χ0) is 31.7. The van der Waals surface area contributed by atoms with Crippen molar-refractivity contribution >= 4 is 23.9 Å². The van der Waals surface area contributed by atoms with Crippen LogP contribution in [0.4, 0.5) is 13.2 Å². The number of aliphatic imine (C=N–C) groups is 1. The lowest BCUT2D eigenvalue weighted by Gasteiger charge is -2.28. The quantitative estimate of drug-likeness (QED) is 0.231. The highest BCUT2D eigenvalue weighted by Gasteiger charge is 2.38. The number of alkyl halides is 3. The van der Waals surface area contributed by atoms with E-state index in [0.29, 0.717) is 44.1 Å². The number of nitrogens with one attached hydrogen (secondary N) is 1. The highest BCUT2D eigenvalue weighted by Crippen LogP contribution is 2.39. The van der Waals surface area contributed by atoms with Gasteiger partial charge in [-0.15, -0.1) is 0 Å². The molecule has 0 radical (unpaired) electrons. The van der Waals surface area contributed by atoms with Gasteiger partial charge in [0.15, 0.2) is 5.78 Å². The van der Waals surface area contributed by atoms with Crippen molar-refractivity contribution in [2.45, 2.75) is 83.4 Å². The van der Waals surface area contributed by atoms with Gasteiger partial charge in [-0.2, -0.15) is 13.2 Å². The summed E-state index contributed by atoms with van der Waals surface area (Å²) in [5, 5.41) is 2.64. The molecule has 236 valence electrons. The Morgan fingerprint density at radius 3 is 2.59 bits per heavy atom. The third-order valence-corrected chi connectivity index (χ3v) is 8.75. The van der Waals surface area contributed by atoms with E-state index in [1.165, 1.54) is 6.07 Å². The average Bonchev–Trinajstić information content (AvgIpc) is 3.52. The summed E-state index contributed by atoms with van der Waals surface area (Å²) in [6, 6.07) is 11.5. The Hall–Kier alpha value is -3.75. The first-order valence-electron chi connectivity index (χ1n) is 15.5. The third-order valence-electron chi connectivity index (χ3n) is 8.75. The number of ether oxygens (including phenoxy) is 1. The summed E-state index contributed by atoms with van der Waals surface area (Å²) in [6.07, 6.45) is 5.08. The van der Waals surface area contributed by atoms with Crippen molar-refractivity contribution in [3.63, 3.8) is 0 Å². The smallest absolute Gasteiger partial charge is 0.417 e. The molecule has 2 aliphatic rings. The predicted molar refractivity (Wildman–Crippen MR) is 164 cm³/mol. The van der Waals surface area contributed by atoms with Crippen LogP contribution in [0.2, 0.25) is 0 Å². The van der Waals surface area contributed by atoms with Gasteiger partial charge < -0.3 is 10.1 Å². The van der Waals surface area contributed by atoms with E-state index in [1.807, 2.05) is 36.4 Å². The first kappa shape index (κ1) is 33.1. The molecule has 0 saturated heterocycles. The lowest BCUT2D eigenvalue weighted by molar-refractivity contribution is -0.143. The number of hydrogen-bond acceptors (Lipinski definition) is 5. The molecule has 0 spiro atoms. The Labute approximate surface area is 257 Å². The predicted octanol–water partition coefficient (Wildman–Crippen LogP) is 7.05. The summed E-state index contributed by atoms with van der Waals surface area (Å²) >= 11 is 0. The molecule has 6 nitrogen and oxygen atoms in total. The topological polar surface area (TPSA) is 84.8 Å². The molecule has 1 aliphatic heterocycles. The monoisotopic (exact) mass is 610 g/mol. The van der Waals surface area contributed by atoms with Gasteiger partial charge in [-0.1, -0.05) is 62.2 Å². The van der Waals surface area contributed by atoms with Gasteiger partial charge >= 0.3 is 12.1 Å². The second-order valence-corrected chi connectivity index (χ2v) is 11.8. The Balaban J connectivity index is 1.54. The summed E-state index contributed by atoms with van der Waals surface area (Å²) in [5.41, 5.74) is 1.01. The van der Waals surface area contributed by atoms with Gasteiger partial charge in [0, 0.05) is 24.1 Å². The first-order chi connectivity index (χ1) is 21.1. The minimum atomic E-state index is -4.67. The highest BCUT2D eigenvalue weighted by atomic mass is 19.4. The summed E-state index contributed by atoms with van der Waals surface area (Å²) in [5.74, 6) is -1.72. The first-order valence-corrected chi connectivity index (χ1v) is 15.5. The summed E-state index contributed by atoms with van der Waals surface area (Å²) in [7, 11) is 0. The standard InChI is InChI=1S/C35H41F3N2O4/c1-3-44-33(42)22-40-32(41)21-26-16-15-25-9-4-5-11-28(25)29(12-6-8-23(26)2)34(43)30-18-14-24(20-31(30)35(36,37)38)13-17-27-10-7-19-39-27/h4-5,7,9-11,14,18-20,23,26-27,29H,3,6,8,12-13,15-17,21-22H2,1-2H3,(H,40,41)/t23-,26+,27?,29?/m1/s1. The van der Waals surface area contributed by atoms with Gasteiger partial charge in [0.05, 0.1) is 18.2 Å². The fourth-order valence-corrected chi connectivity index (χ4v) is 6.29. The highest BCUT2D eigenvalue weighted by molar-refractivity contribution is 6.02. The average molecular weight is 611 g/mol. The molecule has 1 N–H and O–H groups in total. The second kappa shape index (κ2) is 15.3. The maximum Gasteiger partial charge on any atom is 0.417 e. The molecular weight excluding hydrogens is 569 g/mol. The normalized spacial score (nSPS) is 21.8. The maximum atomic E-state index is 14.3. The number of halogens is 3. The van der Waals surface area contributed by atoms with E-state index in [1.54, 1.807) is 19.2 Å². The van der Waals surface area contributed by atoms with E-state index >= 15 is 0 Å². The van der Waals surface area contributed by atoms with Crippen LogP contribution in [0.5, 0.6) is 0 Å². The number of ketones is 1. The van der Waals surface area contributed by atoms with Crippen LogP contribution in [0.3, 0.4) is 0 Å². The molecule has 4 atom stereocenters. The van der Waals surface area contributed by atoms with Crippen LogP contribution in [0.25, 0.3) is 0 Å². The number of amides is 1. The molecule has 4 rings (SSSR count). The second-order valence-electron chi connectivity index (χ2n) is 11.8. The van der Waals surface area contributed by atoms with Crippen LogP contribution >= 0.6 is 0 Å². The van der Waals surface area contributed by atoms with Gasteiger partial charge in [0.2, 0.25) is 5.91 Å². The summed E-state index contributed by atoms with van der Waals surface area (Å²) < 4.78 is 47.9. The minimum Gasteiger partial charge on any atom is -0.465 e. The van der Waals surface area contributed by atoms with Crippen LogP contribution in [0, 0.1) is 11.8 Å². The van der Waals surface area contributed by atoms with Gasteiger partial charge in [0.25, 0.3) is 0 Å². The molecule has 0 bridgehead atoms. The van der Waals surface area contributed by atoms with Crippen molar-refractivity contribution in [1.29, 1.82) is 0 Å². The number of aryl methyl sites for hydroxylation is 2. The van der Waals surface area contributed by atoms with Crippen molar-refractivity contribution in [2.24, 2.45) is 16.8 Å². The Morgan fingerprint density at radius 1 is 1.07 bits per heavy atom. The summed E-state index contributed by atoms with van der Waals surface area (Å²) in [4.78, 5) is 42.6. The van der Waals surface area contributed by atoms with Gasteiger partial charge in [0.1, 0.15) is 6.54 Å². The lowest BCUT2D eigenvalue weighted by atomic mass is 9.76. The maximum absolute atomic E-state index is 14.3. The molecule has 1 heterocycles. The zero-order valence-corrected chi connectivity index (χ0v) is 25.4. The number of Topliss-reactive ketones (excluding diaryl/α,β-unsaturated/α-hetero) is 1. The minimum absolute atomic E-state index is 0.0361. The summed E-state index contributed by atoms with van der Waals surface area (Å²) in [6.45, 7) is 3.85. The molecule has 9 heteroatoms. The van der Waals surface area contributed by atoms with Crippen molar-refractivity contribution in [1.82, 2.24) is 5.32 Å². The van der Waals surface area contributed by atoms with Crippen LogP contribution in [-0.2, 0) is 33.3 Å². The van der Waals surface area contributed by atoms with E-state index in [2.05, 4.69) is 17.2 Å². The van der Waals surface area contributed by atoms with Crippen LogP contribution in [-0.4, -0.2) is 43.1 Å². The number of benzene rings is 2. The molecule has 2 unspecified atom stereocenters. The number of fused-ring (bicyclic) bond motifs is 1. The van der Waals surface area contributed by atoms with Gasteiger partial charge in [-0.25, -0.2) is 0 Å². The van der Waals surface area contributed by atoms with Crippen molar-refractivity contribution in [3.8, 4) is 0 Å². The van der Waals surface area contributed by atoms with Crippen LogP contribution < -0.4 is 5.32 Å². The lowest BCUT2D eigenvalue weighted by Crippen LogP contribution is -2.33. The van der Waals surface area contributed by atoms with Crippen molar-refractivity contribution in [3.05, 3.63) is 82.4 Å². The number of esters is 1. The van der Waals surface area contributed by atoms with E-state index in [4.69, 9.17) is 4.74 Å². The largest absolute Gasteiger partial charge is 0.465 e. The van der Waals surface area contributed by atoms with Crippen molar-refractivity contribution < 1.29 is 32.3 Å².